The highest BCUT2D eigenvalue weighted by atomic mass is 127. The van der Waals surface area contributed by atoms with E-state index in [-0.39, 0.29) is 18.8 Å². The molecule has 11 heteroatoms. The Bertz CT molecular complexity index is 1220. The fourth-order valence-electron chi connectivity index (χ4n) is 3.27. The summed E-state index contributed by atoms with van der Waals surface area (Å²) >= 11 is -0.590. The number of allylic oxidation sites excluding steroid dienone is 1. The smallest absolute Gasteiger partial charge is 0.417 e. The molecule has 0 fully saturated rings. The lowest BCUT2D eigenvalue weighted by Crippen LogP contribution is -2.34. The predicted octanol–water partition coefficient (Wildman–Crippen LogP) is 3.52. The average Bonchev–Trinajstić information content (AvgIpc) is 3.17. The molecule has 2 heterocycles. The first-order valence-electron chi connectivity index (χ1n) is 9.78. The number of aliphatic imine (C=N–C) groups is 1. The number of hydrogen-bond acceptors (Lipinski definition) is 4. The summed E-state index contributed by atoms with van der Waals surface area (Å²) < 4.78 is 43.3. The summed E-state index contributed by atoms with van der Waals surface area (Å²) in [5.41, 5.74) is 0.355. The van der Waals surface area contributed by atoms with Crippen molar-refractivity contribution in [3.8, 4) is 5.75 Å². The quantitative estimate of drug-likeness (QED) is 0.225. The van der Waals surface area contributed by atoms with Crippen molar-refractivity contribution in [1.82, 2.24) is 13.7 Å². The van der Waals surface area contributed by atoms with Gasteiger partial charge < -0.3 is 15.7 Å². The summed E-state index contributed by atoms with van der Waals surface area (Å²) in [4.78, 5) is 16.8. The van der Waals surface area contributed by atoms with Gasteiger partial charge in [-0.05, 0) is 33.7 Å². The zero-order chi connectivity index (χ0) is 23.6. The monoisotopic (exact) mass is 564 g/mol. The van der Waals surface area contributed by atoms with Crippen molar-refractivity contribution in [2.75, 3.05) is 13.1 Å². The minimum Gasteiger partial charge on any atom is -0.507 e. The number of amidine groups is 1. The number of para-hydroxylation sites is 1. The first-order chi connectivity index (χ1) is 15.8. The number of phenolic OH excluding ortho intramolecular Hbond substituents is 1. The molecule has 2 aliphatic rings. The van der Waals surface area contributed by atoms with Crippen molar-refractivity contribution >= 4 is 50.3 Å². The van der Waals surface area contributed by atoms with Gasteiger partial charge in [0.05, 0.1) is 23.4 Å². The van der Waals surface area contributed by atoms with Gasteiger partial charge in [0.2, 0.25) is 0 Å². The van der Waals surface area contributed by atoms with E-state index in [1.54, 1.807) is 30.3 Å². The van der Waals surface area contributed by atoms with E-state index in [1.165, 1.54) is 12.1 Å². The highest BCUT2D eigenvalue weighted by Crippen LogP contribution is 2.34. The van der Waals surface area contributed by atoms with Crippen LogP contribution in [0.25, 0.3) is 5.70 Å². The largest absolute Gasteiger partial charge is 0.507 e. The molecule has 2 aliphatic heterocycles. The third kappa shape index (κ3) is 4.97. The molecule has 1 amide bonds. The first kappa shape index (κ1) is 23.1. The number of carbonyl (C=O) groups is 1. The normalized spacial score (nSPS) is 16.8. The van der Waals surface area contributed by atoms with Gasteiger partial charge in [0.25, 0.3) is 5.91 Å². The molecule has 2 aromatic carbocycles. The molecule has 6 nitrogen and oxygen atoms in total. The fourth-order valence-corrected chi connectivity index (χ4v) is 5.40. The average molecular weight is 564 g/mol. The van der Waals surface area contributed by atoms with Crippen LogP contribution >= 0.6 is 21.0 Å². The van der Waals surface area contributed by atoms with Crippen LogP contribution in [-0.4, -0.2) is 44.9 Å². The van der Waals surface area contributed by atoms with E-state index >= 15 is 0 Å². The molecule has 0 unspecified atom stereocenters. The molecule has 0 saturated heterocycles. The maximum Gasteiger partial charge on any atom is 0.417 e. The van der Waals surface area contributed by atoms with E-state index in [0.717, 1.165) is 12.1 Å². The van der Waals surface area contributed by atoms with Crippen molar-refractivity contribution in [3.63, 3.8) is 0 Å². The van der Waals surface area contributed by atoms with Gasteiger partial charge in [-0.15, -0.1) is 0 Å². The number of rotatable bonds is 5. The van der Waals surface area contributed by atoms with Gasteiger partial charge >= 0.3 is 6.18 Å². The highest BCUT2D eigenvalue weighted by molar-refractivity contribution is 14.2. The maximum absolute atomic E-state index is 13.1. The number of aromatic hydroxyl groups is 1. The lowest BCUT2D eigenvalue weighted by Gasteiger charge is -2.28. The third-order valence-corrected chi connectivity index (χ3v) is 7.29. The van der Waals surface area contributed by atoms with Gasteiger partial charge in [0.15, 0.2) is 0 Å². The molecule has 0 atom stereocenters. The van der Waals surface area contributed by atoms with Crippen LogP contribution in [0.4, 0.5) is 13.2 Å². The molecule has 2 radical (unpaired) electrons. The zero-order valence-corrected chi connectivity index (χ0v) is 19.2. The van der Waals surface area contributed by atoms with Crippen molar-refractivity contribution in [2.45, 2.75) is 6.18 Å². The number of nitrogens with one attached hydrogen (secondary N) is 2. The van der Waals surface area contributed by atoms with Crippen molar-refractivity contribution in [2.24, 2.45) is 4.99 Å². The summed E-state index contributed by atoms with van der Waals surface area (Å²) in [5, 5.41) is 15.9. The van der Waals surface area contributed by atoms with E-state index in [1.807, 2.05) is 7.13 Å². The summed E-state index contributed by atoms with van der Waals surface area (Å²) in [7, 11) is 6.09. The molecule has 0 aliphatic carbocycles. The Labute approximate surface area is 199 Å². The van der Waals surface area contributed by atoms with Gasteiger partial charge in [0, 0.05) is 39.2 Å². The fraction of sp³-hybridized carbons (Fsp3) is 0.136. The number of hydrogen-bond donors (Lipinski definition) is 3. The Morgan fingerprint density at radius 3 is 2.67 bits per heavy atom. The van der Waals surface area contributed by atoms with Crippen molar-refractivity contribution in [3.05, 3.63) is 82.6 Å². The predicted molar refractivity (Wildman–Crippen MR) is 130 cm³/mol. The SMILES string of the molecule is [B]C1=C2NC(c3ccccc3O)=CC(=NCCNC(=O)c3ccccc3C(F)(F)F)N2I=C1. The Balaban J connectivity index is 1.51. The van der Waals surface area contributed by atoms with Crippen LogP contribution in [-0.2, 0) is 6.18 Å². The zero-order valence-electron chi connectivity index (χ0n) is 17.0. The maximum atomic E-state index is 13.1. The molecular formula is C22H17BF3IN4O2. The second kappa shape index (κ2) is 9.42. The van der Waals surface area contributed by atoms with Gasteiger partial charge in [0.1, 0.15) is 25.3 Å². The number of fused-ring (bicyclic) bond motifs is 1. The number of nitrogens with zero attached hydrogens (tertiary/aromatic N) is 2. The molecule has 0 aromatic heterocycles. The standard InChI is InChI=1S/C22H17BF3IN4O2/c23-16-12-27-31-19(11-17(30-20(16)31)14-6-2-4-8-18(14)32)28-9-10-29-21(33)13-5-1-3-7-15(13)22(24,25)26/h1-8,11-12,30,32H,9-10H2,(H,29,33). The number of amides is 1. The minimum absolute atomic E-state index is 0.0477. The Kier molecular flexibility index (Phi) is 6.59. The van der Waals surface area contributed by atoms with E-state index in [2.05, 4.69) is 15.6 Å². The molecule has 0 spiro atoms. The number of alkyl halides is 3. The first-order valence-corrected chi connectivity index (χ1v) is 12.0. The van der Waals surface area contributed by atoms with Gasteiger partial charge in [-0.25, -0.2) is 0 Å². The van der Waals surface area contributed by atoms with Gasteiger partial charge in [-0.2, -0.15) is 13.2 Å². The van der Waals surface area contributed by atoms with Gasteiger partial charge in [-0.3, -0.25) is 12.9 Å². The molecule has 4 rings (SSSR count). The topological polar surface area (TPSA) is 77.0 Å². The molecule has 33 heavy (non-hydrogen) atoms. The molecular weight excluding hydrogens is 547 g/mol. The van der Waals surface area contributed by atoms with E-state index < -0.39 is 44.2 Å². The third-order valence-electron chi connectivity index (χ3n) is 4.80. The minimum atomic E-state index is -4.62. The van der Waals surface area contributed by atoms with Crippen LogP contribution in [0.5, 0.6) is 5.75 Å². The lowest BCUT2D eigenvalue weighted by atomic mass is 9.97. The highest BCUT2D eigenvalue weighted by Gasteiger charge is 2.34. The summed E-state index contributed by atoms with van der Waals surface area (Å²) in [6.07, 6.45) is -2.85. The number of phenols is 1. The Morgan fingerprint density at radius 2 is 1.91 bits per heavy atom. The number of halogens is 4. The summed E-state index contributed by atoms with van der Waals surface area (Å²) in [6, 6.07) is 11.5. The molecule has 2 aromatic rings. The van der Waals surface area contributed by atoms with Crippen molar-refractivity contribution < 1.29 is 23.1 Å². The van der Waals surface area contributed by atoms with Gasteiger partial charge in [-0.1, -0.05) is 24.3 Å². The van der Waals surface area contributed by atoms with Crippen molar-refractivity contribution in [1.29, 1.82) is 0 Å². The number of carbonyl (C=O) groups excluding carboxylic acids is 1. The van der Waals surface area contributed by atoms with Crippen LogP contribution in [0.1, 0.15) is 21.5 Å². The van der Waals surface area contributed by atoms with E-state index in [0.29, 0.717) is 28.4 Å². The van der Waals surface area contributed by atoms with Crippen LogP contribution in [0.3, 0.4) is 0 Å². The molecule has 3 N–H and O–H groups in total. The molecule has 168 valence electrons. The van der Waals surface area contributed by atoms with E-state index in [9.17, 15) is 23.1 Å². The Hall–Kier alpha value is -3.09. The molecule has 0 saturated carbocycles. The Morgan fingerprint density at radius 1 is 1.18 bits per heavy atom. The van der Waals surface area contributed by atoms with Crippen LogP contribution in [0.15, 0.2) is 70.9 Å². The lowest BCUT2D eigenvalue weighted by molar-refractivity contribution is -0.137. The van der Waals surface area contributed by atoms with Crippen LogP contribution in [0.2, 0.25) is 0 Å². The van der Waals surface area contributed by atoms with Crippen LogP contribution < -0.4 is 10.6 Å². The van der Waals surface area contributed by atoms with Crippen LogP contribution in [0, 0.1) is 0 Å². The summed E-state index contributed by atoms with van der Waals surface area (Å²) in [6.45, 7) is 0.194. The number of benzene rings is 2. The second-order valence-electron chi connectivity index (χ2n) is 7.03. The summed E-state index contributed by atoms with van der Waals surface area (Å²) in [5.74, 6) is 0.544. The molecule has 0 bridgehead atoms. The second-order valence-corrected chi connectivity index (χ2v) is 9.18. The van der Waals surface area contributed by atoms with E-state index in [4.69, 9.17) is 7.85 Å².